The van der Waals surface area contributed by atoms with Gasteiger partial charge in [-0.1, -0.05) is 23.7 Å². The maximum atomic E-state index is 12.5. The van der Waals surface area contributed by atoms with Gasteiger partial charge in [-0.2, -0.15) is 0 Å². The van der Waals surface area contributed by atoms with E-state index in [9.17, 15) is 18.0 Å². The molecule has 3 rings (SSSR count). The van der Waals surface area contributed by atoms with Crippen molar-refractivity contribution in [3.8, 4) is 5.75 Å². The van der Waals surface area contributed by atoms with Crippen molar-refractivity contribution in [1.82, 2.24) is 10.0 Å². The largest absolute Gasteiger partial charge is 0.501 e. The van der Waals surface area contributed by atoms with Crippen LogP contribution in [0.5, 0.6) is 5.75 Å². The molecule has 32 heavy (non-hydrogen) atoms. The molecule has 0 saturated carbocycles. The van der Waals surface area contributed by atoms with Gasteiger partial charge in [-0.3, -0.25) is 9.59 Å². The summed E-state index contributed by atoms with van der Waals surface area (Å²) in [6, 6.07) is 10.9. The number of carbonyl (C=O) groups excluding carboxylic acids is 2. The number of sulfonamides is 1. The molecule has 0 aromatic heterocycles. The number of methoxy groups -OCH3 is 1. The second-order valence-corrected chi connectivity index (χ2v) is 9.17. The lowest BCUT2D eigenvalue weighted by Gasteiger charge is -2.14. The van der Waals surface area contributed by atoms with Crippen LogP contribution in [0, 0.1) is 0 Å². The number of ether oxygens (including phenoxy) is 2. The normalized spacial score (nSPS) is 13.5. The highest BCUT2D eigenvalue weighted by Gasteiger charge is 2.21. The molecule has 2 aromatic rings. The first-order chi connectivity index (χ1) is 15.3. The van der Waals surface area contributed by atoms with Gasteiger partial charge in [-0.05, 0) is 55.2 Å². The van der Waals surface area contributed by atoms with Crippen LogP contribution in [0.3, 0.4) is 0 Å². The summed E-state index contributed by atoms with van der Waals surface area (Å²) >= 11 is 5.95. The Hall–Kier alpha value is -3.04. The lowest BCUT2D eigenvalue weighted by Crippen LogP contribution is -2.32. The monoisotopic (exact) mass is 478 g/mol. The van der Waals surface area contributed by atoms with Crippen molar-refractivity contribution in [1.29, 1.82) is 0 Å². The lowest BCUT2D eigenvalue weighted by atomic mass is 10.1. The average Bonchev–Trinajstić information content (AvgIpc) is 2.79. The SMILES string of the molecule is COc1ccc(Cl)cc1C(=O)NCCc1ccc(S(=O)(=O)NC(=O)C2=COCCC2)cc1. The van der Waals surface area contributed by atoms with E-state index in [2.05, 4.69) is 10.0 Å². The molecule has 1 heterocycles. The van der Waals surface area contributed by atoms with E-state index in [1.54, 1.807) is 24.3 Å². The minimum Gasteiger partial charge on any atom is -0.501 e. The fourth-order valence-corrected chi connectivity index (χ4v) is 4.25. The molecule has 170 valence electrons. The van der Waals surface area contributed by atoms with Crippen molar-refractivity contribution < 1.29 is 27.5 Å². The predicted octanol–water partition coefficient (Wildman–Crippen LogP) is 2.82. The molecule has 0 aliphatic carbocycles. The van der Waals surface area contributed by atoms with Gasteiger partial charge in [0, 0.05) is 11.6 Å². The molecule has 0 atom stereocenters. The van der Waals surface area contributed by atoms with E-state index in [0.717, 1.165) is 5.56 Å². The molecule has 0 radical (unpaired) electrons. The number of amides is 2. The Balaban J connectivity index is 1.56. The summed E-state index contributed by atoms with van der Waals surface area (Å²) < 4.78 is 37.2. The number of nitrogens with one attached hydrogen (secondary N) is 2. The van der Waals surface area contributed by atoms with Crippen LogP contribution in [-0.4, -0.2) is 40.5 Å². The summed E-state index contributed by atoms with van der Waals surface area (Å²) in [6.07, 6.45) is 2.90. The van der Waals surface area contributed by atoms with Crippen LogP contribution in [0.4, 0.5) is 0 Å². The first kappa shape index (κ1) is 23.6. The molecule has 0 bridgehead atoms. The number of hydrogen-bond acceptors (Lipinski definition) is 6. The molecule has 8 nitrogen and oxygen atoms in total. The number of rotatable bonds is 8. The molecule has 2 N–H and O–H groups in total. The highest BCUT2D eigenvalue weighted by molar-refractivity contribution is 7.90. The van der Waals surface area contributed by atoms with Gasteiger partial charge in [0.15, 0.2) is 0 Å². The van der Waals surface area contributed by atoms with Crippen molar-refractivity contribution in [2.75, 3.05) is 20.3 Å². The Morgan fingerprint density at radius 1 is 1.12 bits per heavy atom. The van der Waals surface area contributed by atoms with E-state index >= 15 is 0 Å². The van der Waals surface area contributed by atoms with Gasteiger partial charge in [0.2, 0.25) is 0 Å². The molecule has 2 aromatic carbocycles. The third-order valence-corrected chi connectivity index (χ3v) is 6.37. The number of benzene rings is 2. The number of halogens is 1. The first-order valence-electron chi connectivity index (χ1n) is 9.88. The summed E-state index contributed by atoms with van der Waals surface area (Å²) in [5.41, 5.74) is 1.44. The maximum Gasteiger partial charge on any atom is 0.264 e. The van der Waals surface area contributed by atoms with Gasteiger partial charge >= 0.3 is 0 Å². The smallest absolute Gasteiger partial charge is 0.264 e. The summed E-state index contributed by atoms with van der Waals surface area (Å²) in [6.45, 7) is 0.837. The number of carbonyl (C=O) groups is 2. The van der Waals surface area contributed by atoms with Crippen LogP contribution < -0.4 is 14.8 Å². The molecular formula is C22H23ClN2O6S. The van der Waals surface area contributed by atoms with Crippen LogP contribution >= 0.6 is 11.6 Å². The third-order valence-electron chi connectivity index (χ3n) is 4.79. The second kappa shape index (κ2) is 10.5. The lowest BCUT2D eigenvalue weighted by molar-refractivity contribution is -0.116. The van der Waals surface area contributed by atoms with Gasteiger partial charge in [0.25, 0.3) is 21.8 Å². The standard InChI is InChI=1S/C22H23ClN2O6S/c1-30-20-9-6-17(23)13-19(20)22(27)24-11-10-15-4-7-18(8-5-15)32(28,29)25-21(26)16-3-2-12-31-14-16/h4-9,13-14H,2-3,10-12H2,1H3,(H,24,27)(H,25,26). The predicted molar refractivity (Wildman–Crippen MR) is 119 cm³/mol. The quantitative estimate of drug-likeness (QED) is 0.603. The van der Waals surface area contributed by atoms with Gasteiger partial charge < -0.3 is 14.8 Å². The summed E-state index contributed by atoms with van der Waals surface area (Å²) in [4.78, 5) is 24.5. The van der Waals surface area contributed by atoms with Gasteiger partial charge in [0.1, 0.15) is 5.75 Å². The molecule has 1 aliphatic heterocycles. The molecule has 0 saturated heterocycles. The Morgan fingerprint density at radius 2 is 1.88 bits per heavy atom. The Labute approximate surface area is 191 Å². The molecule has 10 heteroatoms. The van der Waals surface area contributed by atoms with Crippen molar-refractivity contribution in [3.05, 3.63) is 70.4 Å². The van der Waals surface area contributed by atoms with Gasteiger partial charge in [0.05, 0.1) is 36.0 Å². The molecule has 0 fully saturated rings. The summed E-state index contributed by atoms with van der Waals surface area (Å²) in [5.74, 6) is -0.598. The number of hydrogen-bond donors (Lipinski definition) is 2. The van der Waals surface area contributed by atoms with Crippen molar-refractivity contribution in [3.63, 3.8) is 0 Å². The zero-order valence-electron chi connectivity index (χ0n) is 17.4. The van der Waals surface area contributed by atoms with E-state index < -0.39 is 15.9 Å². The van der Waals surface area contributed by atoms with Crippen LogP contribution in [0.25, 0.3) is 0 Å². The van der Waals surface area contributed by atoms with E-state index in [1.807, 2.05) is 0 Å². The molecule has 0 spiro atoms. The maximum absolute atomic E-state index is 12.5. The third kappa shape index (κ3) is 6.02. The van der Waals surface area contributed by atoms with Crippen LogP contribution in [-0.2, 0) is 26.0 Å². The van der Waals surface area contributed by atoms with Gasteiger partial charge in [-0.15, -0.1) is 0 Å². The zero-order chi connectivity index (χ0) is 23.1. The Morgan fingerprint density at radius 3 is 2.53 bits per heavy atom. The van der Waals surface area contributed by atoms with Crippen molar-refractivity contribution >= 4 is 33.4 Å². The topological polar surface area (TPSA) is 111 Å². The van der Waals surface area contributed by atoms with Crippen LogP contribution in [0.1, 0.15) is 28.8 Å². The van der Waals surface area contributed by atoms with E-state index in [1.165, 1.54) is 31.6 Å². The summed E-state index contributed by atoms with van der Waals surface area (Å²) in [7, 11) is -2.53. The Bertz CT molecular complexity index is 1130. The van der Waals surface area contributed by atoms with Crippen molar-refractivity contribution in [2.24, 2.45) is 0 Å². The van der Waals surface area contributed by atoms with E-state index in [-0.39, 0.29) is 10.8 Å². The van der Waals surface area contributed by atoms with Gasteiger partial charge in [-0.25, -0.2) is 13.1 Å². The first-order valence-corrected chi connectivity index (χ1v) is 11.7. The Kier molecular flexibility index (Phi) is 7.76. The molecule has 1 aliphatic rings. The fraction of sp³-hybridized carbons (Fsp3) is 0.273. The molecule has 2 amide bonds. The highest BCUT2D eigenvalue weighted by Crippen LogP contribution is 2.22. The minimum atomic E-state index is -4.00. The average molecular weight is 479 g/mol. The minimum absolute atomic E-state index is 0.0281. The molecule has 0 unspecified atom stereocenters. The highest BCUT2D eigenvalue weighted by atomic mass is 35.5. The molecular weight excluding hydrogens is 456 g/mol. The van der Waals surface area contributed by atoms with Crippen LogP contribution in [0.2, 0.25) is 5.02 Å². The second-order valence-electron chi connectivity index (χ2n) is 7.05. The fourth-order valence-electron chi connectivity index (χ4n) is 3.09. The van der Waals surface area contributed by atoms with Crippen molar-refractivity contribution in [2.45, 2.75) is 24.2 Å². The van der Waals surface area contributed by atoms with Crippen LogP contribution in [0.15, 0.2) is 59.2 Å². The van der Waals surface area contributed by atoms with E-state index in [4.69, 9.17) is 21.1 Å². The van der Waals surface area contributed by atoms with E-state index in [0.29, 0.717) is 54.3 Å². The zero-order valence-corrected chi connectivity index (χ0v) is 19.0. The summed E-state index contributed by atoms with van der Waals surface area (Å²) in [5, 5.41) is 3.21.